The van der Waals surface area contributed by atoms with Crippen molar-refractivity contribution in [2.45, 2.75) is 4.90 Å². The molecular formula is C18H19ClN2O5S. The first-order valence-corrected chi connectivity index (χ1v) is 9.99. The summed E-state index contributed by atoms with van der Waals surface area (Å²) in [4.78, 5) is 13.6. The number of sulfonamides is 1. The fourth-order valence-electron chi connectivity index (χ4n) is 2.52. The van der Waals surface area contributed by atoms with E-state index in [1.54, 1.807) is 38.4 Å². The van der Waals surface area contributed by atoms with E-state index in [1.807, 2.05) is 0 Å². The Labute approximate surface area is 163 Å². The molecule has 1 aliphatic heterocycles. The van der Waals surface area contributed by atoms with Gasteiger partial charge >= 0.3 is 0 Å². The van der Waals surface area contributed by atoms with Crippen molar-refractivity contribution in [2.24, 2.45) is 0 Å². The third kappa shape index (κ3) is 4.12. The van der Waals surface area contributed by atoms with Crippen LogP contribution in [0.4, 0.5) is 5.69 Å². The van der Waals surface area contributed by atoms with Gasteiger partial charge in [0.1, 0.15) is 19.8 Å². The van der Waals surface area contributed by atoms with Crippen LogP contribution in [-0.2, 0) is 14.8 Å². The Bertz CT molecular complexity index is 962. The number of hydrogen-bond acceptors (Lipinski definition) is 5. The van der Waals surface area contributed by atoms with Gasteiger partial charge in [0.2, 0.25) is 5.91 Å². The monoisotopic (exact) mass is 410 g/mol. The van der Waals surface area contributed by atoms with Crippen molar-refractivity contribution in [1.29, 1.82) is 0 Å². The normalized spacial score (nSPS) is 13.1. The molecule has 144 valence electrons. The largest absolute Gasteiger partial charge is 0.486 e. The van der Waals surface area contributed by atoms with E-state index in [1.165, 1.54) is 23.1 Å². The first-order chi connectivity index (χ1) is 12.8. The van der Waals surface area contributed by atoms with Gasteiger partial charge in [-0.3, -0.25) is 9.10 Å². The lowest BCUT2D eigenvalue weighted by molar-refractivity contribution is -0.127. The highest BCUT2D eigenvalue weighted by molar-refractivity contribution is 7.92. The van der Waals surface area contributed by atoms with Gasteiger partial charge in [0.15, 0.2) is 11.5 Å². The minimum Gasteiger partial charge on any atom is -0.486 e. The summed E-state index contributed by atoms with van der Waals surface area (Å²) in [6.45, 7) is 0.392. The number of nitrogens with zero attached hydrogens (tertiary/aromatic N) is 2. The van der Waals surface area contributed by atoms with Gasteiger partial charge in [-0.2, -0.15) is 0 Å². The van der Waals surface area contributed by atoms with Crippen molar-refractivity contribution in [3.8, 4) is 11.5 Å². The summed E-state index contributed by atoms with van der Waals surface area (Å²) in [5.74, 6) is 0.474. The van der Waals surface area contributed by atoms with Gasteiger partial charge in [0.05, 0.1) is 10.6 Å². The second kappa shape index (κ2) is 7.66. The number of hydrogen-bond donors (Lipinski definition) is 0. The summed E-state index contributed by atoms with van der Waals surface area (Å²) in [6, 6.07) is 10.7. The molecule has 7 nitrogen and oxygen atoms in total. The lowest BCUT2D eigenvalue weighted by atomic mass is 10.3. The Balaban J connectivity index is 2.05. The summed E-state index contributed by atoms with van der Waals surface area (Å²) >= 11 is 6.03. The van der Waals surface area contributed by atoms with Crippen LogP contribution in [0.2, 0.25) is 5.02 Å². The van der Waals surface area contributed by atoms with Gasteiger partial charge in [-0.15, -0.1) is 0 Å². The molecule has 2 aromatic rings. The van der Waals surface area contributed by atoms with Crippen LogP contribution in [0.15, 0.2) is 47.4 Å². The highest BCUT2D eigenvalue weighted by Crippen LogP contribution is 2.34. The molecule has 0 spiro atoms. The quantitative estimate of drug-likeness (QED) is 0.756. The zero-order valence-corrected chi connectivity index (χ0v) is 16.5. The molecule has 1 amide bonds. The number of anilines is 1. The number of ether oxygens (including phenoxy) is 2. The maximum Gasteiger partial charge on any atom is 0.264 e. The maximum atomic E-state index is 13.3. The highest BCUT2D eigenvalue weighted by Gasteiger charge is 2.29. The van der Waals surface area contributed by atoms with Crippen LogP contribution in [-0.4, -0.2) is 53.1 Å². The van der Waals surface area contributed by atoms with Gasteiger partial charge in [0.25, 0.3) is 10.0 Å². The van der Waals surface area contributed by atoms with Gasteiger partial charge in [-0.25, -0.2) is 8.42 Å². The van der Waals surface area contributed by atoms with Crippen molar-refractivity contribution in [3.05, 3.63) is 47.5 Å². The van der Waals surface area contributed by atoms with Gasteiger partial charge in [-0.05, 0) is 30.3 Å². The van der Waals surface area contributed by atoms with Crippen LogP contribution in [0.25, 0.3) is 0 Å². The van der Waals surface area contributed by atoms with Gasteiger partial charge < -0.3 is 14.4 Å². The van der Waals surface area contributed by atoms with E-state index >= 15 is 0 Å². The number of halogens is 1. The Kier molecular flexibility index (Phi) is 5.48. The maximum absolute atomic E-state index is 13.3. The van der Waals surface area contributed by atoms with Crippen LogP contribution in [0, 0.1) is 0 Å². The smallest absolute Gasteiger partial charge is 0.264 e. The summed E-state index contributed by atoms with van der Waals surface area (Å²) in [7, 11) is -0.912. The average molecular weight is 411 g/mol. The molecule has 0 atom stereocenters. The Morgan fingerprint density at radius 3 is 2.44 bits per heavy atom. The van der Waals surface area contributed by atoms with Crippen LogP contribution in [0.1, 0.15) is 0 Å². The van der Waals surface area contributed by atoms with Crippen molar-refractivity contribution in [1.82, 2.24) is 4.90 Å². The Morgan fingerprint density at radius 1 is 1.07 bits per heavy atom. The second-order valence-electron chi connectivity index (χ2n) is 6.09. The molecule has 0 unspecified atom stereocenters. The Morgan fingerprint density at radius 2 is 1.78 bits per heavy atom. The average Bonchev–Trinajstić information content (AvgIpc) is 2.65. The molecule has 0 bridgehead atoms. The number of carbonyl (C=O) groups excluding carboxylic acids is 1. The predicted octanol–water partition coefficient (Wildman–Crippen LogP) is 2.39. The topological polar surface area (TPSA) is 76.2 Å². The zero-order valence-electron chi connectivity index (χ0n) is 14.9. The number of rotatable bonds is 5. The van der Waals surface area contributed by atoms with E-state index in [0.29, 0.717) is 35.4 Å². The number of likely N-dealkylation sites (N-methyl/N-ethyl adjacent to an activating group) is 1. The van der Waals surface area contributed by atoms with Crippen LogP contribution >= 0.6 is 11.6 Å². The third-order valence-corrected chi connectivity index (χ3v) is 5.98. The minimum absolute atomic E-state index is 0.00159. The first-order valence-electron chi connectivity index (χ1n) is 8.17. The Hall–Kier alpha value is -2.45. The minimum atomic E-state index is -4.04. The third-order valence-electron chi connectivity index (χ3n) is 3.98. The number of benzene rings is 2. The molecule has 27 heavy (non-hydrogen) atoms. The van der Waals surface area contributed by atoms with Crippen LogP contribution in [0.5, 0.6) is 11.5 Å². The SMILES string of the molecule is CN(C)C(=O)CN(c1cccc(Cl)c1)S(=O)(=O)c1ccc2c(c1)OCCO2. The fourth-order valence-corrected chi connectivity index (χ4v) is 4.13. The standard InChI is InChI=1S/C18H19ClN2O5S/c1-20(2)18(22)12-21(14-5-3-4-13(19)10-14)27(23,24)15-6-7-16-17(11-15)26-9-8-25-16/h3-7,10-11H,8-9,12H2,1-2H3. The molecule has 1 aliphatic rings. The summed E-state index contributed by atoms with van der Waals surface area (Å²) in [5.41, 5.74) is 0.299. The highest BCUT2D eigenvalue weighted by atomic mass is 35.5. The molecule has 1 heterocycles. The summed E-state index contributed by atoms with van der Waals surface area (Å²) in [6.07, 6.45) is 0. The first kappa shape index (κ1) is 19.3. The fraction of sp³-hybridized carbons (Fsp3) is 0.278. The van der Waals surface area contributed by atoms with E-state index in [9.17, 15) is 13.2 Å². The van der Waals surface area contributed by atoms with Crippen molar-refractivity contribution in [3.63, 3.8) is 0 Å². The molecule has 2 aromatic carbocycles. The molecular weight excluding hydrogens is 392 g/mol. The molecule has 0 radical (unpaired) electrons. The molecule has 9 heteroatoms. The zero-order chi connectivity index (χ0) is 19.6. The van der Waals surface area contributed by atoms with E-state index in [0.717, 1.165) is 4.31 Å². The van der Waals surface area contributed by atoms with Gasteiger partial charge in [0, 0.05) is 25.2 Å². The van der Waals surface area contributed by atoms with E-state index in [-0.39, 0.29) is 17.3 Å². The van der Waals surface area contributed by atoms with Crippen LogP contribution in [0.3, 0.4) is 0 Å². The molecule has 0 aliphatic carbocycles. The van der Waals surface area contributed by atoms with Crippen molar-refractivity contribution in [2.75, 3.05) is 38.2 Å². The van der Waals surface area contributed by atoms with Crippen molar-refractivity contribution >= 4 is 33.2 Å². The second-order valence-corrected chi connectivity index (χ2v) is 8.38. The van der Waals surface area contributed by atoms with E-state index < -0.39 is 10.0 Å². The lowest BCUT2D eigenvalue weighted by Crippen LogP contribution is -2.40. The van der Waals surface area contributed by atoms with Crippen molar-refractivity contribution < 1.29 is 22.7 Å². The van der Waals surface area contributed by atoms with Gasteiger partial charge in [-0.1, -0.05) is 17.7 Å². The number of amides is 1. The van der Waals surface area contributed by atoms with E-state index in [2.05, 4.69) is 0 Å². The number of fused-ring (bicyclic) bond motifs is 1. The lowest BCUT2D eigenvalue weighted by Gasteiger charge is -2.26. The molecule has 3 rings (SSSR count). The molecule has 0 saturated heterocycles. The molecule has 0 aromatic heterocycles. The summed E-state index contributed by atoms with van der Waals surface area (Å²) < 4.78 is 38.6. The molecule has 0 fully saturated rings. The number of carbonyl (C=O) groups is 1. The van der Waals surface area contributed by atoms with E-state index in [4.69, 9.17) is 21.1 Å². The predicted molar refractivity (Wildman–Crippen MR) is 102 cm³/mol. The van der Waals surface area contributed by atoms with Crippen LogP contribution < -0.4 is 13.8 Å². The molecule has 0 saturated carbocycles. The molecule has 0 N–H and O–H groups in total. The summed E-state index contributed by atoms with van der Waals surface area (Å²) in [5, 5.41) is 0.368.